The van der Waals surface area contributed by atoms with Gasteiger partial charge in [0.25, 0.3) is 0 Å². The van der Waals surface area contributed by atoms with Gasteiger partial charge in [0, 0.05) is 31.9 Å². The molecule has 1 heterocycles. The van der Waals surface area contributed by atoms with E-state index in [1.807, 2.05) is 13.1 Å². The van der Waals surface area contributed by atoms with Gasteiger partial charge in [-0.25, -0.2) is 4.79 Å². The highest BCUT2D eigenvalue weighted by Gasteiger charge is 2.05. The second-order valence-corrected chi connectivity index (χ2v) is 5.05. The van der Waals surface area contributed by atoms with Crippen molar-refractivity contribution in [2.45, 2.75) is 19.3 Å². The van der Waals surface area contributed by atoms with Gasteiger partial charge in [0.2, 0.25) is 5.91 Å². The van der Waals surface area contributed by atoms with Crippen molar-refractivity contribution < 1.29 is 14.7 Å². The van der Waals surface area contributed by atoms with Crippen molar-refractivity contribution >= 4 is 11.9 Å². The average molecular weight is 301 g/mol. The third-order valence-electron chi connectivity index (χ3n) is 3.47. The van der Waals surface area contributed by atoms with E-state index < -0.39 is 5.97 Å². The highest BCUT2D eigenvalue weighted by Crippen LogP contribution is 2.05. The molecule has 2 rings (SSSR count). The minimum atomic E-state index is -0.935. The Morgan fingerprint density at radius 2 is 1.91 bits per heavy atom. The summed E-state index contributed by atoms with van der Waals surface area (Å²) in [5, 5.41) is 15.7. The summed E-state index contributed by atoms with van der Waals surface area (Å²) in [6.07, 6.45) is 3.48. The monoisotopic (exact) mass is 301 g/mol. The summed E-state index contributed by atoms with van der Waals surface area (Å²) in [5.41, 5.74) is 2.29. The van der Waals surface area contributed by atoms with Crippen molar-refractivity contribution in [2.24, 2.45) is 7.05 Å². The second-order valence-electron chi connectivity index (χ2n) is 5.05. The second kappa shape index (κ2) is 7.40. The molecule has 0 atom stereocenters. The number of carbonyl (C=O) groups excluding carboxylic acids is 1. The van der Waals surface area contributed by atoms with Gasteiger partial charge in [-0.2, -0.15) is 5.10 Å². The van der Waals surface area contributed by atoms with Crippen LogP contribution in [-0.4, -0.2) is 33.3 Å². The van der Waals surface area contributed by atoms with Gasteiger partial charge in [0.15, 0.2) is 0 Å². The Morgan fingerprint density at radius 3 is 2.50 bits per heavy atom. The van der Waals surface area contributed by atoms with E-state index in [0.29, 0.717) is 25.8 Å². The fourth-order valence-corrected chi connectivity index (χ4v) is 2.14. The lowest BCUT2D eigenvalue weighted by atomic mass is 10.1. The molecule has 22 heavy (non-hydrogen) atoms. The first-order valence-electron chi connectivity index (χ1n) is 7.12. The van der Waals surface area contributed by atoms with Crippen LogP contribution in [0, 0.1) is 0 Å². The van der Waals surface area contributed by atoms with Crippen LogP contribution >= 0.6 is 0 Å². The van der Waals surface area contributed by atoms with Gasteiger partial charge in [0.1, 0.15) is 0 Å². The average Bonchev–Trinajstić information content (AvgIpc) is 2.91. The molecule has 1 aromatic carbocycles. The largest absolute Gasteiger partial charge is 0.478 e. The van der Waals surface area contributed by atoms with Crippen LogP contribution in [0.25, 0.3) is 0 Å². The lowest BCUT2D eigenvalue weighted by molar-refractivity contribution is -0.121. The number of nitrogens with one attached hydrogen (secondary N) is 1. The molecule has 0 saturated heterocycles. The van der Waals surface area contributed by atoms with E-state index in [-0.39, 0.29) is 11.5 Å². The highest BCUT2D eigenvalue weighted by molar-refractivity contribution is 5.87. The standard InChI is InChI=1S/C16H19N3O3/c1-19-14(9-11-18-19)6-7-15(20)17-10-8-12-2-4-13(5-3-12)16(21)22/h2-5,9,11H,6-8,10H2,1H3,(H,17,20)(H,21,22). The van der Waals surface area contributed by atoms with E-state index in [1.165, 1.54) is 0 Å². The number of rotatable bonds is 7. The molecule has 0 fully saturated rings. The lowest BCUT2D eigenvalue weighted by Crippen LogP contribution is -2.26. The number of carbonyl (C=O) groups is 2. The van der Waals surface area contributed by atoms with E-state index in [4.69, 9.17) is 5.11 Å². The molecule has 0 radical (unpaired) electrons. The smallest absolute Gasteiger partial charge is 0.335 e. The van der Waals surface area contributed by atoms with Crippen LogP contribution in [0.5, 0.6) is 0 Å². The molecule has 1 aromatic heterocycles. The molecule has 1 amide bonds. The molecule has 0 spiro atoms. The number of hydrogen-bond acceptors (Lipinski definition) is 3. The van der Waals surface area contributed by atoms with Gasteiger partial charge >= 0.3 is 5.97 Å². The zero-order valence-electron chi connectivity index (χ0n) is 12.5. The number of aromatic carboxylic acids is 1. The molecular weight excluding hydrogens is 282 g/mol. The van der Waals surface area contributed by atoms with E-state index in [0.717, 1.165) is 11.3 Å². The van der Waals surface area contributed by atoms with Crippen LogP contribution in [0.2, 0.25) is 0 Å². The van der Waals surface area contributed by atoms with Gasteiger partial charge in [-0.3, -0.25) is 9.48 Å². The zero-order valence-corrected chi connectivity index (χ0v) is 12.5. The first kappa shape index (κ1) is 15.8. The summed E-state index contributed by atoms with van der Waals surface area (Å²) >= 11 is 0. The molecule has 0 aliphatic rings. The Morgan fingerprint density at radius 1 is 1.18 bits per heavy atom. The number of hydrogen-bond donors (Lipinski definition) is 2. The SMILES string of the molecule is Cn1nccc1CCC(=O)NCCc1ccc(C(=O)O)cc1. The summed E-state index contributed by atoms with van der Waals surface area (Å²) in [7, 11) is 1.86. The number of carboxylic acid groups (broad SMARTS) is 1. The summed E-state index contributed by atoms with van der Waals surface area (Å²) < 4.78 is 1.76. The summed E-state index contributed by atoms with van der Waals surface area (Å²) in [4.78, 5) is 22.5. The number of nitrogens with zero attached hydrogens (tertiary/aromatic N) is 2. The molecule has 6 heteroatoms. The van der Waals surface area contributed by atoms with E-state index in [1.54, 1.807) is 35.1 Å². The molecule has 2 N–H and O–H groups in total. The van der Waals surface area contributed by atoms with Crippen LogP contribution in [0.15, 0.2) is 36.5 Å². The summed E-state index contributed by atoms with van der Waals surface area (Å²) in [5.74, 6) is -0.932. The fourth-order valence-electron chi connectivity index (χ4n) is 2.14. The van der Waals surface area contributed by atoms with Crippen molar-refractivity contribution in [2.75, 3.05) is 6.54 Å². The van der Waals surface area contributed by atoms with E-state index in [2.05, 4.69) is 10.4 Å². The predicted molar refractivity (Wildman–Crippen MR) is 81.6 cm³/mol. The molecule has 116 valence electrons. The maximum Gasteiger partial charge on any atom is 0.335 e. The molecule has 0 aliphatic carbocycles. The van der Waals surface area contributed by atoms with E-state index in [9.17, 15) is 9.59 Å². The molecule has 0 bridgehead atoms. The van der Waals surface area contributed by atoms with Crippen LogP contribution < -0.4 is 5.32 Å². The molecule has 0 saturated carbocycles. The van der Waals surface area contributed by atoms with Gasteiger partial charge in [-0.05, 0) is 36.6 Å². The Hall–Kier alpha value is -2.63. The summed E-state index contributed by atoms with van der Waals surface area (Å²) in [6.45, 7) is 0.538. The highest BCUT2D eigenvalue weighted by atomic mass is 16.4. The zero-order chi connectivity index (χ0) is 15.9. The van der Waals surface area contributed by atoms with Gasteiger partial charge < -0.3 is 10.4 Å². The van der Waals surface area contributed by atoms with Gasteiger partial charge in [0.05, 0.1) is 5.56 Å². The maximum atomic E-state index is 11.8. The van der Waals surface area contributed by atoms with Crippen molar-refractivity contribution in [3.8, 4) is 0 Å². The Labute approximate surface area is 128 Å². The van der Waals surface area contributed by atoms with Crippen molar-refractivity contribution in [1.29, 1.82) is 0 Å². The minimum Gasteiger partial charge on any atom is -0.478 e. The fraction of sp³-hybridized carbons (Fsp3) is 0.312. The van der Waals surface area contributed by atoms with Crippen molar-refractivity contribution in [1.82, 2.24) is 15.1 Å². The molecular formula is C16H19N3O3. The van der Waals surface area contributed by atoms with E-state index >= 15 is 0 Å². The van der Waals surface area contributed by atoms with Gasteiger partial charge in [-0.15, -0.1) is 0 Å². The molecule has 2 aromatic rings. The minimum absolute atomic E-state index is 0.00311. The number of amides is 1. The Kier molecular flexibility index (Phi) is 5.30. The topological polar surface area (TPSA) is 84.2 Å². The first-order chi connectivity index (χ1) is 10.6. The van der Waals surface area contributed by atoms with Crippen LogP contribution in [0.1, 0.15) is 28.0 Å². The Balaban J connectivity index is 1.70. The summed E-state index contributed by atoms with van der Waals surface area (Å²) in [6, 6.07) is 8.58. The molecule has 6 nitrogen and oxygen atoms in total. The molecule has 0 aliphatic heterocycles. The number of aryl methyl sites for hydroxylation is 2. The predicted octanol–water partition coefficient (Wildman–Crippen LogP) is 1.41. The number of benzene rings is 1. The first-order valence-corrected chi connectivity index (χ1v) is 7.12. The maximum absolute atomic E-state index is 11.8. The quantitative estimate of drug-likeness (QED) is 0.810. The van der Waals surface area contributed by atoms with Crippen LogP contribution in [0.3, 0.4) is 0 Å². The molecule has 0 unspecified atom stereocenters. The van der Waals surface area contributed by atoms with Crippen molar-refractivity contribution in [3.05, 3.63) is 53.3 Å². The van der Waals surface area contributed by atoms with Gasteiger partial charge in [-0.1, -0.05) is 12.1 Å². The van der Waals surface area contributed by atoms with Crippen LogP contribution in [0.4, 0.5) is 0 Å². The number of aromatic nitrogens is 2. The normalized spacial score (nSPS) is 10.4. The lowest BCUT2D eigenvalue weighted by Gasteiger charge is -2.06. The third-order valence-corrected chi connectivity index (χ3v) is 3.47. The third kappa shape index (κ3) is 4.44. The Bertz CT molecular complexity index is 647. The number of carboxylic acids is 1. The van der Waals surface area contributed by atoms with Crippen molar-refractivity contribution in [3.63, 3.8) is 0 Å². The van der Waals surface area contributed by atoms with Crippen LogP contribution in [-0.2, 0) is 24.7 Å².